The minimum Gasteiger partial charge on any atom is -0.497 e. The van der Waals surface area contributed by atoms with Crippen molar-refractivity contribution in [3.05, 3.63) is 101 Å². The first-order valence-corrected chi connectivity index (χ1v) is 9.81. The lowest BCUT2D eigenvalue weighted by molar-refractivity contribution is -0.137. The molecule has 166 valence electrons. The molecule has 0 bridgehead atoms. The molecule has 0 spiro atoms. The second-order valence-corrected chi connectivity index (χ2v) is 6.96. The first kappa shape index (κ1) is 22.9. The molecular weight excluding hydrogens is 419 g/mol. The molecule has 3 rings (SSSR count). The van der Waals surface area contributed by atoms with Crippen molar-refractivity contribution in [2.45, 2.75) is 19.3 Å². The summed E-state index contributed by atoms with van der Waals surface area (Å²) in [6.45, 7) is 0.525. The Kier molecular flexibility index (Phi) is 7.54. The molecule has 0 fully saturated rings. The van der Waals surface area contributed by atoms with Crippen molar-refractivity contribution in [2.75, 3.05) is 7.11 Å². The van der Waals surface area contributed by atoms with Crippen LogP contribution in [0, 0.1) is 0 Å². The van der Waals surface area contributed by atoms with Gasteiger partial charge in [0, 0.05) is 12.6 Å². The maximum absolute atomic E-state index is 12.6. The summed E-state index contributed by atoms with van der Waals surface area (Å²) in [4.78, 5) is 12.1. The number of carbonyl (C=O) groups excluding carboxylic acids is 1. The molecule has 0 heterocycles. The van der Waals surface area contributed by atoms with Gasteiger partial charge in [-0.15, -0.1) is 0 Å². The molecule has 4 nitrogen and oxygen atoms in total. The van der Waals surface area contributed by atoms with Crippen LogP contribution in [0.5, 0.6) is 11.5 Å². The second-order valence-electron chi connectivity index (χ2n) is 6.96. The molecule has 32 heavy (non-hydrogen) atoms. The Bertz CT molecular complexity index is 1060. The van der Waals surface area contributed by atoms with E-state index in [0.29, 0.717) is 17.9 Å². The maximum atomic E-state index is 12.6. The Hall–Kier alpha value is -3.74. The van der Waals surface area contributed by atoms with Crippen molar-refractivity contribution >= 4 is 12.0 Å². The van der Waals surface area contributed by atoms with Crippen LogP contribution in [-0.2, 0) is 24.1 Å². The number of hydrogen-bond acceptors (Lipinski definition) is 3. The van der Waals surface area contributed by atoms with E-state index in [0.717, 1.165) is 29.0 Å². The lowest BCUT2D eigenvalue weighted by Crippen LogP contribution is -2.20. The van der Waals surface area contributed by atoms with Crippen LogP contribution in [0.1, 0.15) is 22.3 Å². The van der Waals surface area contributed by atoms with Gasteiger partial charge >= 0.3 is 6.18 Å². The van der Waals surface area contributed by atoms with Crippen molar-refractivity contribution in [3.8, 4) is 11.5 Å². The predicted octanol–water partition coefficient (Wildman–Crippen LogP) is 5.62. The summed E-state index contributed by atoms with van der Waals surface area (Å²) in [5, 5.41) is 2.81. The van der Waals surface area contributed by atoms with E-state index in [1.807, 2.05) is 30.3 Å². The number of carbonyl (C=O) groups is 1. The summed E-state index contributed by atoms with van der Waals surface area (Å²) in [7, 11) is 1.59. The molecule has 0 aliphatic heterocycles. The van der Waals surface area contributed by atoms with Gasteiger partial charge in [0.1, 0.15) is 18.1 Å². The van der Waals surface area contributed by atoms with E-state index in [1.165, 1.54) is 18.2 Å². The molecule has 3 aromatic rings. The molecular formula is C25H22F3NO3. The van der Waals surface area contributed by atoms with E-state index in [4.69, 9.17) is 9.47 Å². The number of hydrogen-bond donors (Lipinski definition) is 1. The number of ether oxygens (including phenoxy) is 2. The van der Waals surface area contributed by atoms with Crippen LogP contribution in [-0.4, -0.2) is 13.0 Å². The zero-order valence-electron chi connectivity index (χ0n) is 17.4. The largest absolute Gasteiger partial charge is 0.497 e. The highest BCUT2D eigenvalue weighted by molar-refractivity contribution is 5.91. The average Bonchev–Trinajstić information content (AvgIpc) is 2.80. The van der Waals surface area contributed by atoms with E-state index in [1.54, 1.807) is 31.4 Å². The third-order valence-electron chi connectivity index (χ3n) is 4.60. The Balaban J connectivity index is 1.51. The zero-order chi connectivity index (χ0) is 23.0. The fourth-order valence-corrected chi connectivity index (χ4v) is 2.83. The number of nitrogens with one attached hydrogen (secondary N) is 1. The first-order chi connectivity index (χ1) is 15.3. The second kappa shape index (κ2) is 10.5. The van der Waals surface area contributed by atoms with Crippen LogP contribution in [0.3, 0.4) is 0 Å². The molecule has 0 aromatic heterocycles. The van der Waals surface area contributed by atoms with E-state index in [-0.39, 0.29) is 12.5 Å². The number of amides is 1. The highest BCUT2D eigenvalue weighted by Crippen LogP contribution is 2.29. The number of benzene rings is 3. The van der Waals surface area contributed by atoms with Crippen LogP contribution < -0.4 is 14.8 Å². The van der Waals surface area contributed by atoms with Gasteiger partial charge in [0.25, 0.3) is 0 Å². The summed E-state index contributed by atoms with van der Waals surface area (Å²) in [6, 6.07) is 19.3. The van der Waals surface area contributed by atoms with Gasteiger partial charge in [0.2, 0.25) is 5.91 Å². The highest BCUT2D eigenvalue weighted by atomic mass is 19.4. The van der Waals surface area contributed by atoms with E-state index in [2.05, 4.69) is 5.32 Å². The molecule has 3 aromatic carbocycles. The van der Waals surface area contributed by atoms with Gasteiger partial charge in [-0.2, -0.15) is 13.2 Å². The van der Waals surface area contributed by atoms with Crippen molar-refractivity contribution in [2.24, 2.45) is 0 Å². The SMILES string of the molecule is COc1ccc(CNC(=O)/C=C/c2cccc(OCc3ccc(C(F)(F)F)cc3)c2)cc1. The smallest absolute Gasteiger partial charge is 0.416 e. The van der Waals surface area contributed by atoms with Gasteiger partial charge in [-0.3, -0.25) is 4.79 Å². The minimum absolute atomic E-state index is 0.133. The molecule has 0 saturated carbocycles. The molecule has 0 unspecified atom stereocenters. The summed E-state index contributed by atoms with van der Waals surface area (Å²) in [6.07, 6.45) is -1.27. The number of halogens is 3. The number of rotatable bonds is 8. The minimum atomic E-state index is -4.36. The van der Waals surface area contributed by atoms with Gasteiger partial charge in [-0.25, -0.2) is 0 Å². The van der Waals surface area contributed by atoms with E-state index < -0.39 is 11.7 Å². The number of alkyl halides is 3. The standard InChI is InChI=1S/C25H22F3NO3/c1-31-22-12-7-19(8-13-22)16-29-24(30)14-9-18-3-2-4-23(15-18)32-17-20-5-10-21(11-6-20)25(26,27)28/h2-15H,16-17H2,1H3,(H,29,30)/b14-9+. The summed E-state index contributed by atoms with van der Waals surface area (Å²) in [5.41, 5.74) is 1.64. The first-order valence-electron chi connectivity index (χ1n) is 9.81. The predicted molar refractivity (Wildman–Crippen MR) is 116 cm³/mol. The topological polar surface area (TPSA) is 47.6 Å². The van der Waals surface area contributed by atoms with Gasteiger partial charge in [0.05, 0.1) is 12.7 Å². The molecule has 1 N–H and O–H groups in total. The van der Waals surface area contributed by atoms with E-state index >= 15 is 0 Å². The van der Waals surface area contributed by atoms with Gasteiger partial charge in [-0.1, -0.05) is 36.4 Å². The van der Waals surface area contributed by atoms with Gasteiger partial charge in [0.15, 0.2) is 0 Å². The van der Waals surface area contributed by atoms with Crippen LogP contribution in [0.2, 0.25) is 0 Å². The Morgan fingerprint density at radius 3 is 2.28 bits per heavy atom. The van der Waals surface area contributed by atoms with Crippen LogP contribution >= 0.6 is 0 Å². The van der Waals surface area contributed by atoms with Crippen LogP contribution in [0.15, 0.2) is 78.9 Å². The zero-order valence-corrected chi connectivity index (χ0v) is 17.4. The van der Waals surface area contributed by atoms with Gasteiger partial charge in [-0.05, 0) is 59.2 Å². The summed E-state index contributed by atoms with van der Waals surface area (Å²) >= 11 is 0. The lowest BCUT2D eigenvalue weighted by atomic mass is 10.1. The van der Waals surface area contributed by atoms with Crippen LogP contribution in [0.4, 0.5) is 13.2 Å². The third kappa shape index (κ3) is 6.91. The average molecular weight is 441 g/mol. The molecule has 0 aliphatic carbocycles. The molecule has 1 amide bonds. The van der Waals surface area contributed by atoms with Crippen LogP contribution in [0.25, 0.3) is 6.08 Å². The van der Waals surface area contributed by atoms with Crippen molar-refractivity contribution in [1.29, 1.82) is 0 Å². The van der Waals surface area contributed by atoms with Gasteiger partial charge < -0.3 is 14.8 Å². The van der Waals surface area contributed by atoms with E-state index in [9.17, 15) is 18.0 Å². The van der Waals surface area contributed by atoms with Crippen molar-refractivity contribution < 1.29 is 27.4 Å². The number of methoxy groups -OCH3 is 1. The Morgan fingerprint density at radius 1 is 0.938 bits per heavy atom. The fraction of sp³-hybridized carbons (Fsp3) is 0.160. The normalized spacial score (nSPS) is 11.4. The third-order valence-corrected chi connectivity index (χ3v) is 4.60. The summed E-state index contributed by atoms with van der Waals surface area (Å²) in [5.74, 6) is 1.06. The van der Waals surface area contributed by atoms with Crippen molar-refractivity contribution in [3.63, 3.8) is 0 Å². The fourth-order valence-electron chi connectivity index (χ4n) is 2.83. The van der Waals surface area contributed by atoms with Crippen molar-refractivity contribution in [1.82, 2.24) is 5.32 Å². The molecule has 7 heteroatoms. The lowest BCUT2D eigenvalue weighted by Gasteiger charge is -2.09. The Labute approximate surface area is 184 Å². The molecule has 0 saturated heterocycles. The quantitative estimate of drug-likeness (QED) is 0.462. The molecule has 0 atom stereocenters. The highest BCUT2D eigenvalue weighted by Gasteiger charge is 2.29. The molecule has 0 radical (unpaired) electrons. The summed E-state index contributed by atoms with van der Waals surface area (Å²) < 4.78 is 48.7. The monoisotopic (exact) mass is 441 g/mol. The molecule has 0 aliphatic rings. The Morgan fingerprint density at radius 2 is 1.62 bits per heavy atom. The maximum Gasteiger partial charge on any atom is 0.416 e.